The van der Waals surface area contributed by atoms with Gasteiger partial charge in [0.05, 0.1) is 12.1 Å². The van der Waals surface area contributed by atoms with Crippen molar-refractivity contribution in [1.82, 2.24) is 5.32 Å². The van der Waals surface area contributed by atoms with Gasteiger partial charge in [-0.25, -0.2) is 4.79 Å². The van der Waals surface area contributed by atoms with Crippen LogP contribution in [0.2, 0.25) is 0 Å². The molecule has 0 heterocycles. The van der Waals surface area contributed by atoms with Crippen LogP contribution in [-0.2, 0) is 10.9 Å². The molecule has 0 spiro atoms. The number of alkyl carbamates (subject to hydrolysis) is 1. The zero-order valence-corrected chi connectivity index (χ0v) is 16.7. The number of fused-ring (bicyclic) bond motifs is 3. The topological polar surface area (TPSA) is 58.6 Å². The molecule has 0 bridgehead atoms. The zero-order valence-electron chi connectivity index (χ0n) is 16.7. The van der Waals surface area contributed by atoms with E-state index in [1.807, 2.05) is 48.5 Å². The predicted octanol–water partition coefficient (Wildman–Crippen LogP) is 5.30. The van der Waals surface area contributed by atoms with E-state index in [4.69, 9.17) is 4.74 Å². The Kier molecular flexibility index (Phi) is 5.78. The molecule has 0 atom stereocenters. The lowest BCUT2D eigenvalue weighted by atomic mass is 9.98. The minimum Gasteiger partial charge on any atom is -0.507 e. The first-order valence-corrected chi connectivity index (χ1v) is 9.82. The van der Waals surface area contributed by atoms with Gasteiger partial charge in [0.25, 0.3) is 0 Å². The minimum atomic E-state index is -4.68. The molecule has 0 aromatic heterocycles. The van der Waals surface area contributed by atoms with Crippen molar-refractivity contribution >= 4 is 6.09 Å². The maximum atomic E-state index is 12.8. The second-order valence-corrected chi connectivity index (χ2v) is 7.21. The summed E-state index contributed by atoms with van der Waals surface area (Å²) >= 11 is 0. The van der Waals surface area contributed by atoms with Crippen molar-refractivity contribution in [2.45, 2.75) is 12.1 Å². The summed E-state index contributed by atoms with van der Waals surface area (Å²) in [7, 11) is 0. The molecular weight excluding hydrogens is 419 g/mol. The Morgan fingerprint density at radius 1 is 1.00 bits per heavy atom. The standard InChI is InChI=1S/C25H18F3NO3/c26-25(27,28)22-14-16(11-12-23(22)30)6-5-13-29-24(31)32-15-21-19-9-3-1-7-17(19)18-8-2-4-10-20(18)21/h1-4,7-12,14,21,30H,13,15H2,(H,29,31). The van der Waals surface area contributed by atoms with Crippen LogP contribution in [0.1, 0.15) is 28.2 Å². The second kappa shape index (κ2) is 8.67. The van der Waals surface area contributed by atoms with Crippen LogP contribution in [-0.4, -0.2) is 24.4 Å². The smallest absolute Gasteiger partial charge is 0.419 e. The van der Waals surface area contributed by atoms with E-state index in [1.165, 1.54) is 6.07 Å². The number of halogens is 3. The molecule has 7 heteroatoms. The predicted molar refractivity (Wildman–Crippen MR) is 113 cm³/mol. The lowest BCUT2D eigenvalue weighted by Gasteiger charge is -2.14. The summed E-state index contributed by atoms with van der Waals surface area (Å²) in [6.07, 6.45) is -5.34. The number of ether oxygens (including phenoxy) is 1. The lowest BCUT2D eigenvalue weighted by Crippen LogP contribution is -2.26. The fraction of sp³-hybridized carbons (Fsp3) is 0.160. The van der Waals surface area contributed by atoms with Crippen molar-refractivity contribution in [3.8, 4) is 28.7 Å². The summed E-state index contributed by atoms with van der Waals surface area (Å²) < 4.78 is 43.9. The van der Waals surface area contributed by atoms with E-state index in [-0.39, 0.29) is 24.6 Å². The molecule has 0 unspecified atom stereocenters. The quantitative estimate of drug-likeness (QED) is 0.547. The Hall–Kier alpha value is -3.92. The number of phenols is 1. The van der Waals surface area contributed by atoms with E-state index in [0.29, 0.717) is 0 Å². The summed E-state index contributed by atoms with van der Waals surface area (Å²) in [5.74, 6) is 4.18. The third-order valence-electron chi connectivity index (χ3n) is 5.20. The first-order chi connectivity index (χ1) is 15.3. The van der Waals surface area contributed by atoms with Gasteiger partial charge in [-0.15, -0.1) is 0 Å². The molecule has 1 amide bonds. The number of benzene rings is 3. The van der Waals surface area contributed by atoms with Crippen LogP contribution in [0.4, 0.5) is 18.0 Å². The molecule has 32 heavy (non-hydrogen) atoms. The van der Waals surface area contributed by atoms with Crippen LogP contribution in [0.15, 0.2) is 66.7 Å². The Morgan fingerprint density at radius 3 is 2.25 bits per heavy atom. The van der Waals surface area contributed by atoms with Gasteiger partial charge in [-0.05, 0) is 40.5 Å². The van der Waals surface area contributed by atoms with Crippen molar-refractivity contribution in [3.63, 3.8) is 0 Å². The van der Waals surface area contributed by atoms with Crippen LogP contribution in [0.25, 0.3) is 11.1 Å². The molecule has 1 aliphatic carbocycles. The number of carbonyl (C=O) groups excluding carboxylic acids is 1. The number of nitrogens with one attached hydrogen (secondary N) is 1. The number of amides is 1. The summed E-state index contributed by atoms with van der Waals surface area (Å²) in [5.41, 5.74) is 3.34. The summed E-state index contributed by atoms with van der Waals surface area (Å²) in [6.45, 7) is 0.0547. The molecular formula is C25H18F3NO3. The molecule has 0 aliphatic heterocycles. The summed E-state index contributed by atoms with van der Waals surface area (Å²) in [4.78, 5) is 12.1. The summed E-state index contributed by atoms with van der Waals surface area (Å²) in [5, 5.41) is 11.8. The van der Waals surface area contributed by atoms with Gasteiger partial charge in [0.15, 0.2) is 0 Å². The molecule has 0 saturated carbocycles. The number of hydrogen-bond acceptors (Lipinski definition) is 3. The molecule has 0 radical (unpaired) electrons. The highest BCUT2D eigenvalue weighted by Crippen LogP contribution is 2.44. The van der Waals surface area contributed by atoms with Gasteiger partial charge < -0.3 is 15.2 Å². The van der Waals surface area contributed by atoms with Gasteiger partial charge in [0.1, 0.15) is 12.4 Å². The molecule has 2 N–H and O–H groups in total. The van der Waals surface area contributed by atoms with E-state index in [2.05, 4.69) is 17.2 Å². The second-order valence-electron chi connectivity index (χ2n) is 7.21. The van der Waals surface area contributed by atoms with Crippen molar-refractivity contribution < 1.29 is 27.8 Å². The van der Waals surface area contributed by atoms with Gasteiger partial charge in [-0.3, -0.25) is 0 Å². The van der Waals surface area contributed by atoms with E-state index < -0.39 is 23.6 Å². The summed E-state index contributed by atoms with van der Waals surface area (Å²) in [6, 6.07) is 18.9. The van der Waals surface area contributed by atoms with Crippen LogP contribution >= 0.6 is 0 Å². The minimum absolute atomic E-state index is 0.0722. The third-order valence-corrected chi connectivity index (χ3v) is 5.20. The zero-order chi connectivity index (χ0) is 22.7. The average molecular weight is 437 g/mol. The van der Waals surface area contributed by atoms with Crippen molar-refractivity contribution in [2.24, 2.45) is 0 Å². The lowest BCUT2D eigenvalue weighted by molar-refractivity contribution is -0.138. The molecule has 1 aliphatic rings. The Labute approximate surface area is 182 Å². The van der Waals surface area contributed by atoms with Crippen LogP contribution in [0.3, 0.4) is 0 Å². The van der Waals surface area contributed by atoms with Gasteiger partial charge in [-0.2, -0.15) is 13.2 Å². The van der Waals surface area contributed by atoms with Crippen molar-refractivity contribution in [3.05, 3.63) is 89.0 Å². The maximum absolute atomic E-state index is 12.8. The Bertz CT molecular complexity index is 1180. The number of aromatic hydroxyl groups is 1. The van der Waals surface area contributed by atoms with Gasteiger partial charge in [0.2, 0.25) is 0 Å². The monoisotopic (exact) mass is 437 g/mol. The highest BCUT2D eigenvalue weighted by Gasteiger charge is 2.34. The van der Waals surface area contributed by atoms with Crippen LogP contribution in [0.5, 0.6) is 5.75 Å². The van der Waals surface area contributed by atoms with Crippen molar-refractivity contribution in [1.29, 1.82) is 0 Å². The molecule has 4 nitrogen and oxygen atoms in total. The van der Waals surface area contributed by atoms with E-state index >= 15 is 0 Å². The fourth-order valence-corrected chi connectivity index (χ4v) is 3.75. The molecule has 3 aromatic carbocycles. The Morgan fingerprint density at radius 2 is 1.62 bits per heavy atom. The number of rotatable bonds is 3. The molecule has 4 rings (SSSR count). The van der Waals surface area contributed by atoms with Gasteiger partial charge in [-0.1, -0.05) is 60.4 Å². The number of alkyl halides is 3. The number of phenolic OH excluding ortho intramolecular Hbond substituents is 1. The SMILES string of the molecule is O=C(NCC#Cc1ccc(O)c(C(F)(F)F)c1)OCC1c2ccccc2-c2ccccc21. The molecule has 0 saturated heterocycles. The van der Waals surface area contributed by atoms with Crippen LogP contribution < -0.4 is 5.32 Å². The van der Waals surface area contributed by atoms with Gasteiger partial charge >= 0.3 is 12.3 Å². The first kappa shape index (κ1) is 21.3. The maximum Gasteiger partial charge on any atom is 0.419 e. The first-order valence-electron chi connectivity index (χ1n) is 9.82. The highest BCUT2D eigenvalue weighted by molar-refractivity contribution is 5.79. The average Bonchev–Trinajstić information content (AvgIpc) is 3.09. The van der Waals surface area contributed by atoms with Crippen LogP contribution in [0, 0.1) is 11.8 Å². The largest absolute Gasteiger partial charge is 0.507 e. The molecule has 0 fully saturated rings. The fourth-order valence-electron chi connectivity index (χ4n) is 3.75. The highest BCUT2D eigenvalue weighted by atomic mass is 19.4. The number of carbonyl (C=O) groups is 1. The Balaban J connectivity index is 1.35. The molecule has 3 aromatic rings. The normalized spacial score (nSPS) is 12.3. The van der Waals surface area contributed by atoms with Crippen molar-refractivity contribution in [2.75, 3.05) is 13.2 Å². The van der Waals surface area contributed by atoms with E-state index in [9.17, 15) is 23.1 Å². The third kappa shape index (κ3) is 4.40. The number of hydrogen-bond donors (Lipinski definition) is 2. The van der Waals surface area contributed by atoms with E-state index in [0.717, 1.165) is 34.4 Å². The van der Waals surface area contributed by atoms with E-state index in [1.54, 1.807) is 0 Å². The molecule has 162 valence electrons. The van der Waals surface area contributed by atoms with Gasteiger partial charge in [0, 0.05) is 11.5 Å².